The van der Waals surface area contributed by atoms with Crippen LogP contribution in [0.25, 0.3) is 16.0 Å². The van der Waals surface area contributed by atoms with Crippen LogP contribution >= 0.6 is 11.3 Å². The molecule has 2 saturated carbocycles. The molecule has 3 atom stereocenters. The Morgan fingerprint density at radius 2 is 1.78 bits per heavy atom. The zero-order valence-electron chi connectivity index (χ0n) is 21.4. The van der Waals surface area contributed by atoms with Crippen molar-refractivity contribution in [1.29, 1.82) is 0 Å². The number of hydrogen-bond acceptors (Lipinski definition) is 9. The van der Waals surface area contributed by atoms with E-state index in [2.05, 4.69) is 71.7 Å². The lowest BCUT2D eigenvalue weighted by atomic mass is 9.93. The number of aromatic nitrogens is 5. The SMILES string of the molecule is Cc1nc(-n2nc(Nc3ccc(N4CCN([C@H]5C[C@@H]6CC[C@H]5C6)CC4)cc3)nc2N)c2scc(C)c2n1. The van der Waals surface area contributed by atoms with Crippen molar-refractivity contribution in [2.45, 2.75) is 45.6 Å². The second kappa shape index (κ2) is 8.95. The maximum absolute atomic E-state index is 6.26. The first-order valence-corrected chi connectivity index (χ1v) is 14.2. The number of nitrogens with two attached hydrogens (primary N) is 1. The first kappa shape index (κ1) is 22.9. The highest BCUT2D eigenvalue weighted by molar-refractivity contribution is 7.17. The van der Waals surface area contributed by atoms with Gasteiger partial charge in [0.2, 0.25) is 11.9 Å². The van der Waals surface area contributed by atoms with E-state index in [1.165, 1.54) is 44.5 Å². The van der Waals surface area contributed by atoms with Crippen LogP contribution in [0.2, 0.25) is 0 Å². The molecule has 10 heteroatoms. The third-order valence-corrected chi connectivity index (χ3v) is 9.58. The van der Waals surface area contributed by atoms with Gasteiger partial charge in [-0.15, -0.1) is 16.4 Å². The number of nitrogens with one attached hydrogen (secondary N) is 1. The largest absolute Gasteiger partial charge is 0.369 e. The van der Waals surface area contributed by atoms with Crippen LogP contribution < -0.4 is 16.0 Å². The van der Waals surface area contributed by atoms with Crippen molar-refractivity contribution in [3.05, 3.63) is 41.0 Å². The number of fused-ring (bicyclic) bond motifs is 3. The Morgan fingerprint density at radius 3 is 2.51 bits per heavy atom. The summed E-state index contributed by atoms with van der Waals surface area (Å²) in [5.41, 5.74) is 10.5. The van der Waals surface area contributed by atoms with Crippen LogP contribution in [0.3, 0.4) is 0 Å². The summed E-state index contributed by atoms with van der Waals surface area (Å²) in [4.78, 5) is 18.9. The van der Waals surface area contributed by atoms with Crippen molar-refractivity contribution in [3.8, 4) is 5.82 Å². The number of hydrogen-bond donors (Lipinski definition) is 2. The van der Waals surface area contributed by atoms with Gasteiger partial charge in [0.25, 0.3) is 0 Å². The van der Waals surface area contributed by atoms with Crippen LogP contribution in [-0.2, 0) is 0 Å². The first-order chi connectivity index (χ1) is 18.0. The molecule has 0 spiro atoms. The third kappa shape index (κ3) is 4.12. The van der Waals surface area contributed by atoms with Gasteiger partial charge in [-0.3, -0.25) is 4.90 Å². The minimum absolute atomic E-state index is 0.290. The molecule has 3 aromatic heterocycles. The summed E-state index contributed by atoms with van der Waals surface area (Å²) in [5, 5.41) is 10.0. The van der Waals surface area contributed by atoms with Gasteiger partial charge < -0.3 is 16.0 Å². The van der Waals surface area contributed by atoms with Gasteiger partial charge in [0.05, 0.1) is 10.2 Å². The molecule has 4 heterocycles. The molecule has 9 nitrogen and oxygen atoms in total. The Balaban J connectivity index is 1.03. The smallest absolute Gasteiger partial charge is 0.248 e. The summed E-state index contributed by atoms with van der Waals surface area (Å²) >= 11 is 1.59. The summed E-state index contributed by atoms with van der Waals surface area (Å²) in [5.74, 6) is 4.06. The van der Waals surface area contributed by atoms with Crippen molar-refractivity contribution < 1.29 is 0 Å². The van der Waals surface area contributed by atoms with Gasteiger partial charge >= 0.3 is 0 Å². The summed E-state index contributed by atoms with van der Waals surface area (Å²) in [6.45, 7) is 8.47. The predicted molar refractivity (Wildman–Crippen MR) is 149 cm³/mol. The van der Waals surface area contributed by atoms with Crippen LogP contribution in [0.1, 0.15) is 37.1 Å². The van der Waals surface area contributed by atoms with E-state index in [9.17, 15) is 0 Å². The maximum Gasteiger partial charge on any atom is 0.248 e. The summed E-state index contributed by atoms with van der Waals surface area (Å²) in [6, 6.07) is 9.39. The van der Waals surface area contributed by atoms with E-state index < -0.39 is 0 Å². The fourth-order valence-corrected chi connectivity index (χ4v) is 7.62. The Kier molecular flexibility index (Phi) is 5.54. The van der Waals surface area contributed by atoms with Crippen molar-refractivity contribution in [1.82, 2.24) is 29.6 Å². The van der Waals surface area contributed by atoms with E-state index in [4.69, 9.17) is 5.73 Å². The van der Waals surface area contributed by atoms with Crippen LogP contribution in [0.4, 0.5) is 23.3 Å². The van der Waals surface area contributed by atoms with Crippen molar-refractivity contribution in [2.75, 3.05) is 42.1 Å². The molecule has 7 rings (SSSR count). The number of piperazine rings is 1. The molecule has 192 valence electrons. The molecule has 2 bridgehead atoms. The maximum atomic E-state index is 6.26. The van der Waals surface area contributed by atoms with Crippen LogP contribution in [0.15, 0.2) is 29.6 Å². The van der Waals surface area contributed by atoms with Crippen LogP contribution in [-0.4, -0.2) is 61.9 Å². The number of rotatable bonds is 5. The number of nitrogen functional groups attached to an aromatic ring is 1. The molecule has 0 unspecified atom stereocenters. The Bertz CT molecular complexity index is 1430. The zero-order valence-corrected chi connectivity index (χ0v) is 22.2. The van der Waals surface area contributed by atoms with Gasteiger partial charge in [-0.2, -0.15) is 9.67 Å². The Morgan fingerprint density at radius 1 is 0.973 bits per heavy atom. The first-order valence-electron chi connectivity index (χ1n) is 13.3. The number of benzene rings is 1. The van der Waals surface area contributed by atoms with Gasteiger partial charge in [0.15, 0.2) is 5.82 Å². The molecule has 2 aliphatic carbocycles. The van der Waals surface area contributed by atoms with Crippen molar-refractivity contribution >= 4 is 44.8 Å². The lowest BCUT2D eigenvalue weighted by Gasteiger charge is -2.41. The molecule has 1 aromatic carbocycles. The molecule has 3 aliphatic rings. The van der Waals surface area contributed by atoms with Gasteiger partial charge in [-0.05, 0) is 80.2 Å². The van der Waals surface area contributed by atoms with E-state index >= 15 is 0 Å². The average Bonchev–Trinajstić information content (AvgIpc) is 3.70. The molecule has 4 aromatic rings. The number of nitrogens with zero attached hydrogens (tertiary/aromatic N) is 7. The monoisotopic (exact) mass is 515 g/mol. The molecule has 1 aliphatic heterocycles. The van der Waals surface area contributed by atoms with Gasteiger partial charge in [-0.1, -0.05) is 6.42 Å². The number of aryl methyl sites for hydroxylation is 2. The summed E-state index contributed by atoms with van der Waals surface area (Å²) in [7, 11) is 0. The quantitative estimate of drug-likeness (QED) is 0.400. The van der Waals surface area contributed by atoms with Gasteiger partial charge in [0.1, 0.15) is 5.82 Å². The summed E-state index contributed by atoms with van der Waals surface area (Å²) < 4.78 is 2.55. The van der Waals surface area contributed by atoms with Gasteiger partial charge in [0, 0.05) is 43.6 Å². The van der Waals surface area contributed by atoms with Crippen LogP contribution in [0.5, 0.6) is 0 Å². The second-order valence-corrected chi connectivity index (χ2v) is 11.7. The lowest BCUT2D eigenvalue weighted by molar-refractivity contribution is 0.135. The normalized spacial score (nSPS) is 23.8. The molecular weight excluding hydrogens is 482 g/mol. The van der Waals surface area contributed by atoms with Crippen molar-refractivity contribution in [3.63, 3.8) is 0 Å². The number of anilines is 4. The van der Waals surface area contributed by atoms with E-state index in [0.29, 0.717) is 17.6 Å². The van der Waals surface area contributed by atoms with E-state index in [-0.39, 0.29) is 5.95 Å². The molecule has 37 heavy (non-hydrogen) atoms. The zero-order chi connectivity index (χ0) is 25.1. The highest BCUT2D eigenvalue weighted by Crippen LogP contribution is 2.46. The second-order valence-electron chi connectivity index (χ2n) is 10.8. The fraction of sp³-hybridized carbons (Fsp3) is 0.481. The number of thiophene rings is 1. The standard InChI is InChI=1S/C27H33N9S/c1-16-15-37-24-23(16)29-17(2)30-25(24)36-26(28)32-27(33-36)31-20-5-7-21(8-6-20)34-9-11-35(12-10-34)22-14-18-3-4-19(22)13-18/h5-8,15,18-19,22H,3-4,9-14H2,1-2H3,(H3,28,31,32,33)/t18-,19+,22+/m1/s1. The topological polar surface area (TPSA) is 101 Å². The predicted octanol–water partition coefficient (Wildman–Crippen LogP) is 4.53. The highest BCUT2D eigenvalue weighted by Gasteiger charge is 2.42. The summed E-state index contributed by atoms with van der Waals surface area (Å²) in [6.07, 6.45) is 5.85. The lowest BCUT2D eigenvalue weighted by Crippen LogP contribution is -2.51. The van der Waals surface area contributed by atoms with Crippen molar-refractivity contribution in [2.24, 2.45) is 11.8 Å². The third-order valence-electron chi connectivity index (χ3n) is 8.49. The fourth-order valence-electron chi connectivity index (χ4n) is 6.66. The molecule has 1 saturated heterocycles. The molecule has 3 N–H and O–H groups in total. The Labute approximate surface area is 220 Å². The van der Waals surface area contributed by atoms with E-state index in [0.717, 1.165) is 52.4 Å². The molecule has 0 amide bonds. The minimum atomic E-state index is 0.290. The van der Waals surface area contributed by atoms with E-state index in [1.807, 2.05) is 6.92 Å². The Hall–Kier alpha value is -3.24. The highest BCUT2D eigenvalue weighted by atomic mass is 32.1. The average molecular weight is 516 g/mol. The van der Waals surface area contributed by atoms with Gasteiger partial charge in [-0.25, -0.2) is 9.97 Å². The molecule has 3 fully saturated rings. The molecule has 0 radical (unpaired) electrons. The minimum Gasteiger partial charge on any atom is -0.369 e. The van der Waals surface area contributed by atoms with E-state index in [1.54, 1.807) is 16.0 Å². The molecular formula is C27H33N9S. The van der Waals surface area contributed by atoms with Crippen LogP contribution in [0, 0.1) is 25.7 Å².